The Balaban J connectivity index is 3.14. The minimum atomic E-state index is -0.332. The molecule has 0 aliphatic heterocycles. The zero-order chi connectivity index (χ0) is 10.6. The Bertz CT molecular complexity index is 339. The highest BCUT2D eigenvalue weighted by Gasteiger charge is 2.11. The minimum Gasteiger partial charge on any atom is -0.465 e. The third kappa shape index (κ3) is 2.27. The monoisotopic (exact) mass is 211 g/mol. The molecule has 0 radical (unpaired) electrons. The van der Waals surface area contributed by atoms with E-state index in [0.717, 1.165) is 10.5 Å². The number of thioether (sulfide) groups is 1. The van der Waals surface area contributed by atoms with Crippen LogP contribution in [0.5, 0.6) is 0 Å². The highest BCUT2D eigenvalue weighted by atomic mass is 32.2. The van der Waals surface area contributed by atoms with E-state index in [4.69, 9.17) is 5.73 Å². The van der Waals surface area contributed by atoms with Crippen molar-refractivity contribution < 1.29 is 9.53 Å². The number of ether oxygens (including phenoxy) is 1. The Kier molecular flexibility index (Phi) is 3.98. The zero-order valence-electron chi connectivity index (χ0n) is 8.24. The highest BCUT2D eigenvalue weighted by molar-refractivity contribution is 7.98. The van der Waals surface area contributed by atoms with E-state index in [1.807, 2.05) is 18.4 Å². The predicted molar refractivity (Wildman–Crippen MR) is 57.5 cm³/mol. The van der Waals surface area contributed by atoms with Crippen LogP contribution >= 0.6 is 11.8 Å². The quantitative estimate of drug-likeness (QED) is 0.610. The normalized spacial score (nSPS) is 9.93. The molecule has 0 aliphatic carbocycles. The third-order valence-corrected chi connectivity index (χ3v) is 2.67. The molecule has 0 heterocycles. The molecule has 3 nitrogen and oxygen atoms in total. The summed E-state index contributed by atoms with van der Waals surface area (Å²) in [5, 5.41) is 0. The number of carbonyl (C=O) groups excluding carboxylic acids is 1. The molecule has 0 unspecified atom stereocenters. The number of benzene rings is 1. The second-order valence-electron chi connectivity index (χ2n) is 2.72. The van der Waals surface area contributed by atoms with Gasteiger partial charge in [0.1, 0.15) is 0 Å². The fourth-order valence-corrected chi connectivity index (χ4v) is 1.60. The maximum Gasteiger partial charge on any atom is 0.338 e. The molecule has 0 bridgehead atoms. The molecule has 1 aromatic carbocycles. The first-order valence-electron chi connectivity index (χ1n) is 4.18. The Morgan fingerprint density at radius 2 is 2.29 bits per heavy atom. The number of hydrogen-bond donors (Lipinski definition) is 1. The van der Waals surface area contributed by atoms with Gasteiger partial charge in [0.15, 0.2) is 0 Å². The van der Waals surface area contributed by atoms with Gasteiger partial charge in [-0.1, -0.05) is 6.07 Å². The molecule has 0 aromatic heterocycles. The summed E-state index contributed by atoms with van der Waals surface area (Å²) in [5.41, 5.74) is 6.89. The van der Waals surface area contributed by atoms with Crippen molar-refractivity contribution >= 4 is 17.7 Å². The fraction of sp³-hybridized carbons (Fsp3) is 0.300. The highest BCUT2D eigenvalue weighted by Crippen LogP contribution is 2.19. The zero-order valence-corrected chi connectivity index (χ0v) is 9.06. The van der Waals surface area contributed by atoms with Gasteiger partial charge in [0.05, 0.1) is 12.7 Å². The maximum absolute atomic E-state index is 11.4. The summed E-state index contributed by atoms with van der Waals surface area (Å²) in [6.45, 7) is 0.346. The molecule has 2 N–H and O–H groups in total. The first-order valence-corrected chi connectivity index (χ1v) is 5.40. The topological polar surface area (TPSA) is 52.3 Å². The Morgan fingerprint density at radius 3 is 2.79 bits per heavy atom. The number of rotatable bonds is 3. The van der Waals surface area contributed by atoms with Crippen molar-refractivity contribution in [3.63, 3.8) is 0 Å². The van der Waals surface area contributed by atoms with Crippen LogP contribution in [0, 0.1) is 0 Å². The van der Waals surface area contributed by atoms with Gasteiger partial charge in [-0.3, -0.25) is 0 Å². The molecule has 14 heavy (non-hydrogen) atoms. The molecule has 4 heteroatoms. The minimum absolute atomic E-state index is 0.332. The van der Waals surface area contributed by atoms with Crippen LogP contribution in [0.2, 0.25) is 0 Å². The summed E-state index contributed by atoms with van der Waals surface area (Å²) in [6, 6.07) is 5.61. The molecule has 0 amide bonds. The summed E-state index contributed by atoms with van der Waals surface area (Å²) in [7, 11) is 1.37. The van der Waals surface area contributed by atoms with Gasteiger partial charge < -0.3 is 10.5 Å². The van der Waals surface area contributed by atoms with Crippen LogP contribution in [0.25, 0.3) is 0 Å². The molecule has 0 saturated carbocycles. The molecule has 0 aliphatic rings. The number of esters is 1. The number of hydrogen-bond acceptors (Lipinski definition) is 4. The van der Waals surface area contributed by atoms with Gasteiger partial charge >= 0.3 is 5.97 Å². The maximum atomic E-state index is 11.4. The van der Waals surface area contributed by atoms with Crippen LogP contribution in [0.15, 0.2) is 23.1 Å². The van der Waals surface area contributed by atoms with E-state index in [0.29, 0.717) is 12.1 Å². The van der Waals surface area contributed by atoms with Gasteiger partial charge in [0.2, 0.25) is 0 Å². The van der Waals surface area contributed by atoms with Crippen LogP contribution in [-0.4, -0.2) is 19.3 Å². The van der Waals surface area contributed by atoms with Crippen molar-refractivity contribution in [3.05, 3.63) is 29.3 Å². The summed E-state index contributed by atoms with van der Waals surface area (Å²) in [6.07, 6.45) is 1.96. The van der Waals surface area contributed by atoms with Crippen molar-refractivity contribution in [3.8, 4) is 0 Å². The summed E-state index contributed by atoms with van der Waals surface area (Å²) in [5.74, 6) is -0.332. The Labute approximate surface area is 87.6 Å². The van der Waals surface area contributed by atoms with Gasteiger partial charge in [-0.15, -0.1) is 11.8 Å². The second-order valence-corrected chi connectivity index (χ2v) is 3.60. The van der Waals surface area contributed by atoms with Crippen LogP contribution in [0.1, 0.15) is 15.9 Å². The van der Waals surface area contributed by atoms with Gasteiger partial charge in [-0.2, -0.15) is 0 Å². The van der Waals surface area contributed by atoms with E-state index in [1.54, 1.807) is 17.8 Å². The van der Waals surface area contributed by atoms with E-state index in [2.05, 4.69) is 4.74 Å². The Hall–Kier alpha value is -1.00. The lowest BCUT2D eigenvalue weighted by atomic mass is 10.1. The number of methoxy groups -OCH3 is 1. The molecule has 1 aromatic rings. The van der Waals surface area contributed by atoms with Crippen molar-refractivity contribution in [1.82, 2.24) is 0 Å². The largest absolute Gasteiger partial charge is 0.465 e. The average Bonchev–Trinajstić information content (AvgIpc) is 2.27. The predicted octanol–water partition coefficient (Wildman–Crippen LogP) is 1.65. The lowest BCUT2D eigenvalue weighted by Crippen LogP contribution is -2.09. The second kappa shape index (κ2) is 5.02. The van der Waals surface area contributed by atoms with Crippen molar-refractivity contribution in [2.45, 2.75) is 11.4 Å². The number of nitrogens with two attached hydrogens (primary N) is 1. The average molecular weight is 211 g/mol. The standard InChI is InChI=1S/C10H13NO2S/c1-13-10(12)9-5-8(14-2)4-3-7(9)6-11/h3-5H,6,11H2,1-2H3. The van der Waals surface area contributed by atoms with Crippen LogP contribution in [-0.2, 0) is 11.3 Å². The summed E-state index contributed by atoms with van der Waals surface area (Å²) < 4.78 is 4.67. The van der Waals surface area contributed by atoms with Gasteiger partial charge in [-0.25, -0.2) is 4.79 Å². The van der Waals surface area contributed by atoms with Gasteiger partial charge in [0, 0.05) is 11.4 Å². The van der Waals surface area contributed by atoms with Crippen LogP contribution in [0.4, 0.5) is 0 Å². The molecule has 0 saturated heterocycles. The van der Waals surface area contributed by atoms with Gasteiger partial charge in [0.25, 0.3) is 0 Å². The molecule has 0 spiro atoms. The van der Waals surface area contributed by atoms with Crippen molar-refractivity contribution in [2.24, 2.45) is 5.73 Å². The first kappa shape index (κ1) is 11.1. The first-order chi connectivity index (χ1) is 6.72. The number of carbonyl (C=O) groups is 1. The third-order valence-electron chi connectivity index (χ3n) is 1.94. The SMILES string of the molecule is COC(=O)c1cc(SC)ccc1CN. The molecular weight excluding hydrogens is 198 g/mol. The molecule has 0 atom stereocenters. The van der Waals surface area contributed by atoms with Gasteiger partial charge in [-0.05, 0) is 24.0 Å². The molecule has 76 valence electrons. The van der Waals surface area contributed by atoms with E-state index < -0.39 is 0 Å². The van der Waals surface area contributed by atoms with Crippen molar-refractivity contribution in [1.29, 1.82) is 0 Å². The lowest BCUT2D eigenvalue weighted by Gasteiger charge is -2.07. The molecular formula is C10H13NO2S. The van der Waals surface area contributed by atoms with Crippen molar-refractivity contribution in [2.75, 3.05) is 13.4 Å². The van der Waals surface area contributed by atoms with E-state index in [-0.39, 0.29) is 5.97 Å². The fourth-order valence-electron chi connectivity index (χ4n) is 1.16. The van der Waals surface area contributed by atoms with E-state index in [9.17, 15) is 4.79 Å². The van der Waals surface area contributed by atoms with Crippen LogP contribution < -0.4 is 5.73 Å². The van der Waals surface area contributed by atoms with E-state index in [1.165, 1.54) is 7.11 Å². The summed E-state index contributed by atoms with van der Waals surface area (Å²) in [4.78, 5) is 12.4. The summed E-state index contributed by atoms with van der Waals surface area (Å²) >= 11 is 1.58. The lowest BCUT2D eigenvalue weighted by molar-refractivity contribution is 0.0599. The smallest absolute Gasteiger partial charge is 0.338 e. The Morgan fingerprint density at radius 1 is 1.57 bits per heavy atom. The van der Waals surface area contributed by atoms with E-state index >= 15 is 0 Å². The molecule has 0 fully saturated rings. The molecule has 1 rings (SSSR count). The van der Waals surface area contributed by atoms with Crippen LogP contribution in [0.3, 0.4) is 0 Å².